The Morgan fingerprint density at radius 3 is 2.47 bits per heavy atom. The lowest BCUT2D eigenvalue weighted by Gasteiger charge is -2.35. The molecule has 0 aromatic carbocycles. The van der Waals surface area contributed by atoms with E-state index in [0.29, 0.717) is 0 Å². The predicted octanol–water partition coefficient (Wildman–Crippen LogP) is 2.50. The summed E-state index contributed by atoms with van der Waals surface area (Å²) in [5, 5.41) is 3.27. The lowest BCUT2D eigenvalue weighted by molar-refractivity contribution is 0.143. The van der Waals surface area contributed by atoms with Crippen LogP contribution in [0.1, 0.15) is 46.0 Å². The minimum atomic E-state index is 0.775. The van der Waals surface area contributed by atoms with Gasteiger partial charge < -0.3 is 10.2 Å². The van der Waals surface area contributed by atoms with Gasteiger partial charge in [-0.3, -0.25) is 0 Å². The normalized spacial score (nSPS) is 20.8. The Morgan fingerprint density at radius 2 is 1.93 bits per heavy atom. The monoisotopic (exact) mass is 212 g/mol. The van der Waals surface area contributed by atoms with E-state index in [1.54, 1.807) is 0 Å². The molecule has 0 radical (unpaired) electrons. The van der Waals surface area contributed by atoms with E-state index in [1.807, 2.05) is 7.05 Å². The molecule has 1 fully saturated rings. The molecule has 0 heterocycles. The van der Waals surface area contributed by atoms with E-state index in [4.69, 9.17) is 0 Å². The van der Waals surface area contributed by atoms with Crippen molar-refractivity contribution in [3.05, 3.63) is 0 Å². The smallest absolute Gasteiger partial charge is 0.00952 e. The molecule has 0 saturated heterocycles. The summed E-state index contributed by atoms with van der Waals surface area (Å²) in [5.41, 5.74) is 0. The molecule has 2 heteroatoms. The molecule has 0 bridgehead atoms. The molecule has 0 aromatic rings. The summed E-state index contributed by atoms with van der Waals surface area (Å²) in [6.07, 6.45) is 7.21. The fourth-order valence-electron chi connectivity index (χ4n) is 2.80. The maximum Gasteiger partial charge on any atom is 0.00952 e. The van der Waals surface area contributed by atoms with Crippen molar-refractivity contribution in [1.29, 1.82) is 0 Å². The summed E-state index contributed by atoms with van der Waals surface area (Å²) in [7, 11) is 2.05. The van der Waals surface area contributed by atoms with Gasteiger partial charge in [0.05, 0.1) is 0 Å². The largest absolute Gasteiger partial charge is 0.319 e. The number of hydrogen-bond acceptors (Lipinski definition) is 2. The molecule has 1 aliphatic carbocycles. The molecular weight excluding hydrogens is 184 g/mol. The first-order valence-electron chi connectivity index (χ1n) is 6.66. The summed E-state index contributed by atoms with van der Waals surface area (Å²) in [5.74, 6) is 0.775. The van der Waals surface area contributed by atoms with Crippen molar-refractivity contribution in [2.24, 2.45) is 5.92 Å². The van der Waals surface area contributed by atoms with Crippen LogP contribution in [-0.4, -0.2) is 37.6 Å². The molecule has 0 amide bonds. The molecule has 1 unspecified atom stereocenters. The van der Waals surface area contributed by atoms with Gasteiger partial charge in [-0.2, -0.15) is 0 Å². The summed E-state index contributed by atoms with van der Waals surface area (Å²) in [6.45, 7) is 8.28. The van der Waals surface area contributed by atoms with E-state index in [2.05, 4.69) is 24.1 Å². The first-order chi connectivity index (χ1) is 7.27. The van der Waals surface area contributed by atoms with Gasteiger partial charge >= 0.3 is 0 Å². The van der Waals surface area contributed by atoms with Crippen LogP contribution >= 0.6 is 0 Å². The van der Waals surface area contributed by atoms with Crippen LogP contribution in [0.4, 0.5) is 0 Å². The van der Waals surface area contributed by atoms with E-state index in [-0.39, 0.29) is 0 Å². The Balaban J connectivity index is 2.32. The first kappa shape index (κ1) is 13.0. The van der Waals surface area contributed by atoms with Crippen LogP contribution in [0.25, 0.3) is 0 Å². The van der Waals surface area contributed by atoms with E-state index in [1.165, 1.54) is 45.2 Å². The topological polar surface area (TPSA) is 15.3 Å². The molecule has 1 aliphatic rings. The van der Waals surface area contributed by atoms with Gasteiger partial charge in [-0.25, -0.2) is 0 Å². The van der Waals surface area contributed by atoms with E-state index >= 15 is 0 Å². The van der Waals surface area contributed by atoms with Crippen molar-refractivity contribution < 1.29 is 0 Å². The number of rotatable bonds is 6. The fraction of sp³-hybridized carbons (Fsp3) is 1.00. The molecule has 15 heavy (non-hydrogen) atoms. The lowest BCUT2D eigenvalue weighted by Crippen LogP contribution is -2.41. The van der Waals surface area contributed by atoms with Crippen molar-refractivity contribution >= 4 is 0 Å². The summed E-state index contributed by atoms with van der Waals surface area (Å²) in [4.78, 5) is 2.70. The molecule has 1 rings (SSSR count). The molecule has 1 N–H and O–H groups in total. The van der Waals surface area contributed by atoms with Gasteiger partial charge in [0, 0.05) is 12.6 Å². The highest BCUT2D eigenvalue weighted by Crippen LogP contribution is 2.22. The van der Waals surface area contributed by atoms with Crippen LogP contribution in [0, 0.1) is 5.92 Å². The van der Waals surface area contributed by atoms with Crippen LogP contribution in [-0.2, 0) is 0 Å². The third-order valence-corrected chi connectivity index (χ3v) is 3.60. The minimum absolute atomic E-state index is 0.775. The SMILES string of the molecule is CCN(CC(C)CNC)C1CCCCC1. The Morgan fingerprint density at radius 1 is 1.27 bits per heavy atom. The zero-order chi connectivity index (χ0) is 11.1. The highest BCUT2D eigenvalue weighted by Gasteiger charge is 2.20. The third kappa shape index (κ3) is 4.52. The van der Waals surface area contributed by atoms with Gasteiger partial charge in [0.25, 0.3) is 0 Å². The van der Waals surface area contributed by atoms with Gasteiger partial charge in [-0.1, -0.05) is 33.1 Å². The lowest BCUT2D eigenvalue weighted by atomic mass is 9.93. The van der Waals surface area contributed by atoms with Crippen molar-refractivity contribution in [2.45, 2.75) is 52.0 Å². The van der Waals surface area contributed by atoms with Gasteiger partial charge in [0.15, 0.2) is 0 Å². The van der Waals surface area contributed by atoms with E-state index < -0.39 is 0 Å². The number of nitrogens with one attached hydrogen (secondary N) is 1. The Bertz CT molecular complexity index is 153. The zero-order valence-corrected chi connectivity index (χ0v) is 10.8. The predicted molar refractivity (Wildman–Crippen MR) is 67.2 cm³/mol. The minimum Gasteiger partial charge on any atom is -0.319 e. The second kappa shape index (κ2) is 7.24. The highest BCUT2D eigenvalue weighted by molar-refractivity contribution is 4.76. The van der Waals surface area contributed by atoms with Crippen molar-refractivity contribution in [1.82, 2.24) is 10.2 Å². The van der Waals surface area contributed by atoms with Crippen LogP contribution in [0.5, 0.6) is 0 Å². The van der Waals surface area contributed by atoms with E-state index in [9.17, 15) is 0 Å². The van der Waals surface area contributed by atoms with Gasteiger partial charge in [-0.15, -0.1) is 0 Å². The standard InChI is InChI=1S/C13H28N2/c1-4-15(11-12(2)10-14-3)13-8-6-5-7-9-13/h12-14H,4-11H2,1-3H3. The Hall–Kier alpha value is -0.0800. The second-order valence-electron chi connectivity index (χ2n) is 5.04. The first-order valence-corrected chi connectivity index (χ1v) is 6.66. The highest BCUT2D eigenvalue weighted by atomic mass is 15.2. The summed E-state index contributed by atoms with van der Waals surface area (Å²) in [6, 6.07) is 0.878. The van der Waals surface area contributed by atoms with Crippen LogP contribution < -0.4 is 5.32 Å². The fourth-order valence-corrected chi connectivity index (χ4v) is 2.80. The maximum atomic E-state index is 3.27. The molecule has 90 valence electrons. The Kier molecular flexibility index (Phi) is 6.26. The van der Waals surface area contributed by atoms with Crippen molar-refractivity contribution in [3.8, 4) is 0 Å². The second-order valence-corrected chi connectivity index (χ2v) is 5.04. The van der Waals surface area contributed by atoms with Crippen LogP contribution in [0.2, 0.25) is 0 Å². The van der Waals surface area contributed by atoms with Crippen LogP contribution in [0.3, 0.4) is 0 Å². The van der Waals surface area contributed by atoms with Gasteiger partial charge in [0.1, 0.15) is 0 Å². The molecule has 2 nitrogen and oxygen atoms in total. The van der Waals surface area contributed by atoms with E-state index in [0.717, 1.165) is 18.5 Å². The third-order valence-electron chi connectivity index (χ3n) is 3.60. The van der Waals surface area contributed by atoms with Gasteiger partial charge in [0.2, 0.25) is 0 Å². The quantitative estimate of drug-likeness (QED) is 0.728. The van der Waals surface area contributed by atoms with Crippen molar-refractivity contribution in [2.75, 3.05) is 26.7 Å². The summed E-state index contributed by atoms with van der Waals surface area (Å²) >= 11 is 0. The van der Waals surface area contributed by atoms with Crippen molar-refractivity contribution in [3.63, 3.8) is 0 Å². The van der Waals surface area contributed by atoms with Crippen LogP contribution in [0.15, 0.2) is 0 Å². The molecule has 1 saturated carbocycles. The average molecular weight is 212 g/mol. The zero-order valence-electron chi connectivity index (χ0n) is 10.8. The van der Waals surface area contributed by atoms with Gasteiger partial charge in [-0.05, 0) is 38.9 Å². The number of hydrogen-bond donors (Lipinski definition) is 1. The molecule has 0 aliphatic heterocycles. The summed E-state index contributed by atoms with van der Waals surface area (Å²) < 4.78 is 0. The Labute approximate surface area is 95.4 Å². The molecule has 0 aromatic heterocycles. The maximum absolute atomic E-state index is 3.27. The molecule has 1 atom stereocenters. The molecular formula is C13H28N2. The average Bonchev–Trinajstić information content (AvgIpc) is 2.27. The number of nitrogens with zero attached hydrogens (tertiary/aromatic N) is 1. The molecule has 0 spiro atoms.